The van der Waals surface area contributed by atoms with Crippen molar-refractivity contribution in [1.82, 2.24) is 20.1 Å². The normalized spacial score (nSPS) is 17.5. The number of carbonyl (C=O) groups excluding carboxylic acids is 3. The van der Waals surface area contributed by atoms with Gasteiger partial charge in [-0.2, -0.15) is 0 Å². The highest BCUT2D eigenvalue weighted by Gasteiger charge is 2.31. The van der Waals surface area contributed by atoms with Gasteiger partial charge in [-0.25, -0.2) is 4.98 Å². The molecule has 3 rings (SSSR count). The summed E-state index contributed by atoms with van der Waals surface area (Å²) in [5, 5.41) is 2.82. The maximum atomic E-state index is 12.4. The summed E-state index contributed by atoms with van der Waals surface area (Å²) in [6, 6.07) is 1.22. The van der Waals surface area contributed by atoms with E-state index in [1.165, 1.54) is 7.11 Å². The van der Waals surface area contributed by atoms with Gasteiger partial charge in [0.25, 0.3) is 5.91 Å². The van der Waals surface area contributed by atoms with E-state index in [0.29, 0.717) is 48.8 Å². The molecule has 8 heteroatoms. The molecule has 0 spiro atoms. The molecule has 1 N–H and O–H groups in total. The van der Waals surface area contributed by atoms with Crippen LogP contribution in [0.5, 0.6) is 5.88 Å². The molecule has 0 bridgehead atoms. The quantitative estimate of drug-likeness (QED) is 0.806. The van der Waals surface area contributed by atoms with Crippen molar-refractivity contribution in [2.45, 2.75) is 45.8 Å². The minimum absolute atomic E-state index is 0.00896. The van der Waals surface area contributed by atoms with E-state index < -0.39 is 6.04 Å². The zero-order valence-electron chi connectivity index (χ0n) is 15.4. The molecule has 2 aliphatic rings. The summed E-state index contributed by atoms with van der Waals surface area (Å²) in [4.78, 5) is 44.3. The number of nitrogens with one attached hydrogen (secondary N) is 1. The number of pyridine rings is 1. The van der Waals surface area contributed by atoms with Crippen molar-refractivity contribution >= 4 is 17.7 Å². The van der Waals surface area contributed by atoms with Crippen LogP contribution < -0.4 is 10.1 Å². The molecule has 3 amide bonds. The van der Waals surface area contributed by atoms with Gasteiger partial charge in [0.2, 0.25) is 17.7 Å². The van der Waals surface area contributed by atoms with Crippen LogP contribution in [0.15, 0.2) is 6.07 Å². The van der Waals surface area contributed by atoms with Gasteiger partial charge in [-0.15, -0.1) is 0 Å². The van der Waals surface area contributed by atoms with Crippen LogP contribution >= 0.6 is 0 Å². The average molecular weight is 360 g/mol. The van der Waals surface area contributed by atoms with Gasteiger partial charge < -0.3 is 19.9 Å². The molecule has 0 aliphatic carbocycles. The van der Waals surface area contributed by atoms with E-state index in [1.54, 1.807) is 22.8 Å². The molecule has 1 fully saturated rings. The zero-order valence-corrected chi connectivity index (χ0v) is 15.4. The number of hydrogen-bond acceptors (Lipinski definition) is 5. The van der Waals surface area contributed by atoms with Crippen LogP contribution in [-0.2, 0) is 22.7 Å². The highest BCUT2D eigenvalue weighted by molar-refractivity contribution is 5.98. The lowest BCUT2D eigenvalue weighted by Crippen LogP contribution is -2.45. The van der Waals surface area contributed by atoms with Crippen LogP contribution in [0, 0.1) is 0 Å². The molecule has 1 saturated heterocycles. The number of carbonyl (C=O) groups is 3. The van der Waals surface area contributed by atoms with Gasteiger partial charge >= 0.3 is 0 Å². The number of fused-ring (bicyclic) bond motifs is 1. The van der Waals surface area contributed by atoms with Gasteiger partial charge in [0, 0.05) is 31.6 Å². The summed E-state index contributed by atoms with van der Waals surface area (Å²) >= 11 is 0. The number of amides is 3. The lowest BCUT2D eigenvalue weighted by molar-refractivity contribution is -0.136. The molecule has 140 valence electrons. The van der Waals surface area contributed by atoms with Gasteiger partial charge in [0.15, 0.2) is 0 Å². The number of ether oxygens (including phenoxy) is 1. The van der Waals surface area contributed by atoms with Crippen LogP contribution in [0.3, 0.4) is 0 Å². The van der Waals surface area contributed by atoms with Crippen LogP contribution in [0.1, 0.15) is 48.3 Å². The van der Waals surface area contributed by atoms with E-state index in [9.17, 15) is 14.4 Å². The van der Waals surface area contributed by atoms with E-state index in [0.717, 1.165) is 6.42 Å². The first kappa shape index (κ1) is 18.2. The topological polar surface area (TPSA) is 91.8 Å². The van der Waals surface area contributed by atoms with E-state index in [-0.39, 0.29) is 24.3 Å². The highest BCUT2D eigenvalue weighted by Crippen LogP contribution is 2.27. The van der Waals surface area contributed by atoms with Crippen molar-refractivity contribution in [3.63, 3.8) is 0 Å². The maximum Gasteiger partial charge on any atom is 0.256 e. The molecular formula is C18H24N4O4. The largest absolute Gasteiger partial charge is 0.481 e. The van der Waals surface area contributed by atoms with Crippen molar-refractivity contribution in [2.24, 2.45) is 0 Å². The summed E-state index contributed by atoms with van der Waals surface area (Å²) in [6.45, 7) is 5.53. The number of nitrogens with zero attached hydrogens (tertiary/aromatic N) is 3. The summed E-state index contributed by atoms with van der Waals surface area (Å²) in [5.74, 6) is 0.125. The molecule has 8 nitrogen and oxygen atoms in total. The third-order valence-corrected chi connectivity index (χ3v) is 4.98. The van der Waals surface area contributed by atoms with E-state index >= 15 is 0 Å². The van der Waals surface area contributed by atoms with Gasteiger partial charge in [-0.1, -0.05) is 0 Å². The fourth-order valence-corrected chi connectivity index (χ4v) is 3.41. The Balaban J connectivity index is 1.72. The molecule has 0 aromatic carbocycles. The fourth-order valence-electron chi connectivity index (χ4n) is 3.41. The first-order chi connectivity index (χ1) is 12.5. The second-order valence-corrected chi connectivity index (χ2v) is 6.55. The number of methoxy groups -OCH3 is 1. The Morgan fingerprint density at radius 1 is 1.42 bits per heavy atom. The SMILES string of the molecule is CCN1Cc2nc(OC)c(CNC(=O)[C@H](C)N3CCCC3=O)cc2C1=O. The summed E-state index contributed by atoms with van der Waals surface area (Å²) in [6.07, 6.45) is 1.28. The van der Waals surface area contributed by atoms with Crippen LogP contribution in [0.2, 0.25) is 0 Å². The molecule has 0 saturated carbocycles. The summed E-state index contributed by atoms with van der Waals surface area (Å²) < 4.78 is 5.33. The van der Waals surface area contributed by atoms with Crippen LogP contribution in [0.4, 0.5) is 0 Å². The lowest BCUT2D eigenvalue weighted by Gasteiger charge is -2.23. The molecule has 3 heterocycles. The molecule has 1 aromatic rings. The molecule has 0 unspecified atom stereocenters. The van der Waals surface area contributed by atoms with Gasteiger partial charge in [-0.3, -0.25) is 14.4 Å². The van der Waals surface area contributed by atoms with Crippen molar-refractivity contribution in [1.29, 1.82) is 0 Å². The summed E-state index contributed by atoms with van der Waals surface area (Å²) in [7, 11) is 1.51. The van der Waals surface area contributed by atoms with Crippen molar-refractivity contribution in [3.8, 4) is 5.88 Å². The Bertz CT molecular complexity index is 749. The zero-order chi connectivity index (χ0) is 18.8. The van der Waals surface area contributed by atoms with Crippen LogP contribution in [0.25, 0.3) is 0 Å². The van der Waals surface area contributed by atoms with E-state index in [2.05, 4.69) is 10.3 Å². The van der Waals surface area contributed by atoms with Crippen molar-refractivity contribution in [3.05, 3.63) is 22.9 Å². The Labute approximate surface area is 152 Å². The predicted octanol–water partition coefficient (Wildman–Crippen LogP) is 0.693. The first-order valence-electron chi connectivity index (χ1n) is 8.89. The lowest BCUT2D eigenvalue weighted by atomic mass is 10.1. The minimum atomic E-state index is -0.518. The van der Waals surface area contributed by atoms with Crippen molar-refractivity contribution in [2.75, 3.05) is 20.2 Å². The molecule has 1 aromatic heterocycles. The third kappa shape index (κ3) is 3.23. The monoisotopic (exact) mass is 360 g/mol. The van der Waals surface area contributed by atoms with Crippen molar-refractivity contribution < 1.29 is 19.1 Å². The Morgan fingerprint density at radius 3 is 2.81 bits per heavy atom. The predicted molar refractivity (Wildman–Crippen MR) is 93.5 cm³/mol. The molecule has 1 atom stereocenters. The second-order valence-electron chi connectivity index (χ2n) is 6.55. The third-order valence-electron chi connectivity index (χ3n) is 4.98. The molecule has 26 heavy (non-hydrogen) atoms. The highest BCUT2D eigenvalue weighted by atomic mass is 16.5. The van der Waals surface area contributed by atoms with Gasteiger partial charge in [0.05, 0.1) is 24.9 Å². The van der Waals surface area contributed by atoms with E-state index in [1.807, 2.05) is 6.92 Å². The number of likely N-dealkylation sites (tertiary alicyclic amines) is 1. The average Bonchev–Trinajstić information content (AvgIpc) is 3.21. The van der Waals surface area contributed by atoms with Gasteiger partial charge in [-0.05, 0) is 26.3 Å². The molecule has 2 aliphatic heterocycles. The maximum absolute atomic E-state index is 12.4. The number of hydrogen-bond donors (Lipinski definition) is 1. The second kappa shape index (κ2) is 7.31. The smallest absolute Gasteiger partial charge is 0.256 e. The summed E-state index contributed by atoms with van der Waals surface area (Å²) in [5.41, 5.74) is 1.89. The van der Waals surface area contributed by atoms with Gasteiger partial charge in [0.1, 0.15) is 6.04 Å². The Hall–Kier alpha value is -2.64. The number of rotatable bonds is 6. The van der Waals surface area contributed by atoms with Crippen LogP contribution in [-0.4, -0.2) is 58.7 Å². The number of aromatic nitrogens is 1. The van der Waals surface area contributed by atoms with E-state index in [4.69, 9.17) is 4.74 Å². The first-order valence-corrected chi connectivity index (χ1v) is 8.89. The molecular weight excluding hydrogens is 336 g/mol. The Kier molecular flexibility index (Phi) is 5.11. The standard InChI is InChI=1S/C18H24N4O4/c1-4-21-10-14-13(18(21)25)8-12(17(20-14)26-3)9-19-16(24)11(2)22-7-5-6-15(22)23/h8,11H,4-7,9-10H2,1-3H3,(H,19,24)/t11-/m0/s1. The molecule has 0 radical (unpaired) electrons. The Morgan fingerprint density at radius 2 is 2.19 bits per heavy atom. The fraction of sp³-hybridized carbons (Fsp3) is 0.556. The minimum Gasteiger partial charge on any atom is -0.481 e.